The Morgan fingerprint density at radius 3 is 2.13 bits per heavy atom. The summed E-state index contributed by atoms with van der Waals surface area (Å²) in [6.45, 7) is 11.6. The summed E-state index contributed by atoms with van der Waals surface area (Å²) < 4.78 is 11.0. The summed E-state index contributed by atoms with van der Waals surface area (Å²) in [6.07, 6.45) is 2.85. The summed E-state index contributed by atoms with van der Waals surface area (Å²) in [6, 6.07) is 3.52. The van der Waals surface area contributed by atoms with Crippen LogP contribution in [0, 0.1) is 0 Å². The summed E-state index contributed by atoms with van der Waals surface area (Å²) in [7, 11) is 5.37. The molecule has 0 radical (unpaired) electrons. The summed E-state index contributed by atoms with van der Waals surface area (Å²) in [5.41, 5.74) is -0.685. The van der Waals surface area contributed by atoms with Crippen LogP contribution < -0.4 is 4.90 Å². The van der Waals surface area contributed by atoms with Gasteiger partial charge in [0.05, 0.1) is 12.0 Å². The lowest BCUT2D eigenvalue weighted by molar-refractivity contribution is 0.0298. The predicted molar refractivity (Wildman–Crippen MR) is 123 cm³/mol. The highest BCUT2D eigenvalue weighted by molar-refractivity contribution is 5.91. The highest BCUT2D eigenvalue weighted by atomic mass is 16.6. The maximum absolute atomic E-state index is 13.0. The zero-order chi connectivity index (χ0) is 23.8. The largest absolute Gasteiger partial charge is 0.444 e. The van der Waals surface area contributed by atoms with Crippen molar-refractivity contribution in [2.45, 2.75) is 59.2 Å². The second-order valence-electron chi connectivity index (χ2n) is 9.44. The Bertz CT molecular complexity index is 766. The van der Waals surface area contributed by atoms with Gasteiger partial charge < -0.3 is 19.3 Å². The van der Waals surface area contributed by atoms with Crippen LogP contribution >= 0.6 is 0 Å². The molecular formula is C22H37N5O4. The molecule has 0 atom stereocenters. The first-order valence-corrected chi connectivity index (χ1v) is 10.3. The van der Waals surface area contributed by atoms with E-state index in [9.17, 15) is 9.59 Å². The SMILES string of the molecule is CN(C)/C=N/c1ncccc1N(CCCN(C)C(=O)OC(C)(C)C)C(=O)OC(C)(C)C. The first kappa shape index (κ1) is 26.2. The molecule has 0 N–H and O–H groups in total. The third-order valence-corrected chi connectivity index (χ3v) is 3.66. The molecule has 2 amide bonds. The van der Waals surface area contributed by atoms with E-state index in [0.29, 0.717) is 31.0 Å². The van der Waals surface area contributed by atoms with Gasteiger partial charge in [0, 0.05) is 40.4 Å². The lowest BCUT2D eigenvalue weighted by atomic mass is 10.2. The van der Waals surface area contributed by atoms with Gasteiger partial charge in [0.1, 0.15) is 11.2 Å². The Labute approximate surface area is 186 Å². The van der Waals surface area contributed by atoms with Crippen LogP contribution in [0.2, 0.25) is 0 Å². The van der Waals surface area contributed by atoms with Crippen LogP contribution in [-0.4, -0.2) is 78.7 Å². The van der Waals surface area contributed by atoms with Crippen molar-refractivity contribution in [3.8, 4) is 0 Å². The molecule has 9 nitrogen and oxygen atoms in total. The zero-order valence-corrected chi connectivity index (χ0v) is 20.3. The van der Waals surface area contributed by atoms with E-state index in [0.717, 1.165) is 0 Å². The Balaban J connectivity index is 3.02. The Kier molecular flexibility index (Phi) is 9.27. The molecule has 1 rings (SSSR count). The molecule has 0 aliphatic carbocycles. The van der Waals surface area contributed by atoms with E-state index < -0.39 is 23.4 Å². The minimum Gasteiger partial charge on any atom is -0.444 e. The molecule has 1 aromatic rings. The number of ether oxygens (including phenoxy) is 2. The molecule has 0 unspecified atom stereocenters. The monoisotopic (exact) mass is 435 g/mol. The van der Waals surface area contributed by atoms with E-state index in [1.807, 2.05) is 55.6 Å². The van der Waals surface area contributed by atoms with Crippen molar-refractivity contribution in [1.82, 2.24) is 14.8 Å². The number of pyridine rings is 1. The quantitative estimate of drug-likeness (QED) is 0.469. The van der Waals surface area contributed by atoms with E-state index in [1.54, 1.807) is 36.6 Å². The molecule has 0 saturated carbocycles. The fraction of sp³-hybridized carbons (Fsp3) is 0.636. The van der Waals surface area contributed by atoms with Crippen LogP contribution in [0.1, 0.15) is 48.0 Å². The number of amides is 2. The highest BCUT2D eigenvalue weighted by Crippen LogP contribution is 2.27. The molecule has 174 valence electrons. The first-order valence-electron chi connectivity index (χ1n) is 10.3. The van der Waals surface area contributed by atoms with Gasteiger partial charge in [-0.3, -0.25) is 4.90 Å². The van der Waals surface area contributed by atoms with Gasteiger partial charge in [0.25, 0.3) is 0 Å². The second kappa shape index (κ2) is 11.0. The average Bonchev–Trinajstić information content (AvgIpc) is 2.60. The maximum atomic E-state index is 13.0. The van der Waals surface area contributed by atoms with Crippen LogP contribution in [0.25, 0.3) is 0 Å². The van der Waals surface area contributed by atoms with E-state index in [4.69, 9.17) is 9.47 Å². The van der Waals surface area contributed by atoms with Gasteiger partial charge in [0.2, 0.25) is 0 Å². The molecule has 1 heterocycles. The lowest BCUT2D eigenvalue weighted by Gasteiger charge is -2.29. The highest BCUT2D eigenvalue weighted by Gasteiger charge is 2.26. The standard InChI is InChI=1S/C22H37N5O4/c1-21(2,3)30-19(28)26(9)14-11-15-27(20(29)31-22(4,5)6)17-12-10-13-23-18(17)24-16-25(7)8/h10,12-13,16H,11,14-15H2,1-9H3/b24-16+. The summed E-state index contributed by atoms with van der Waals surface area (Å²) in [4.78, 5) is 38.6. The molecule has 0 fully saturated rings. The summed E-state index contributed by atoms with van der Waals surface area (Å²) >= 11 is 0. The van der Waals surface area contributed by atoms with Crippen molar-refractivity contribution in [1.29, 1.82) is 0 Å². The van der Waals surface area contributed by atoms with Crippen LogP contribution in [0.4, 0.5) is 21.1 Å². The third kappa shape index (κ3) is 10.1. The average molecular weight is 436 g/mol. The Hall–Kier alpha value is -2.84. The number of aromatic nitrogens is 1. The van der Waals surface area contributed by atoms with Crippen molar-refractivity contribution < 1.29 is 19.1 Å². The van der Waals surface area contributed by atoms with Gasteiger partial charge in [-0.2, -0.15) is 0 Å². The van der Waals surface area contributed by atoms with Crippen molar-refractivity contribution in [3.63, 3.8) is 0 Å². The predicted octanol–water partition coefficient (Wildman–Crippen LogP) is 4.30. The maximum Gasteiger partial charge on any atom is 0.414 e. The molecule has 0 spiro atoms. The van der Waals surface area contributed by atoms with E-state index in [2.05, 4.69) is 9.98 Å². The van der Waals surface area contributed by atoms with Gasteiger partial charge in [-0.25, -0.2) is 19.6 Å². The normalized spacial score (nSPS) is 11.9. The number of aliphatic imine (C=N–C) groups is 1. The number of hydrogen-bond acceptors (Lipinski definition) is 6. The molecule has 1 aromatic heterocycles. The van der Waals surface area contributed by atoms with Crippen molar-refractivity contribution in [3.05, 3.63) is 18.3 Å². The summed E-state index contributed by atoms with van der Waals surface area (Å²) in [5, 5.41) is 0. The molecule has 0 aromatic carbocycles. The minimum absolute atomic E-state index is 0.318. The number of anilines is 1. The van der Waals surface area contributed by atoms with Crippen molar-refractivity contribution >= 4 is 30.0 Å². The Morgan fingerprint density at radius 2 is 1.58 bits per heavy atom. The molecule has 0 aliphatic rings. The Morgan fingerprint density at radius 1 is 1.00 bits per heavy atom. The van der Waals surface area contributed by atoms with E-state index >= 15 is 0 Å². The van der Waals surface area contributed by atoms with Crippen molar-refractivity contribution in [2.24, 2.45) is 4.99 Å². The van der Waals surface area contributed by atoms with Gasteiger partial charge in [-0.15, -0.1) is 0 Å². The first-order chi connectivity index (χ1) is 14.2. The number of carbonyl (C=O) groups is 2. The molecule has 31 heavy (non-hydrogen) atoms. The number of nitrogens with zero attached hydrogens (tertiary/aromatic N) is 5. The number of carbonyl (C=O) groups excluding carboxylic acids is 2. The van der Waals surface area contributed by atoms with Crippen LogP contribution in [-0.2, 0) is 9.47 Å². The zero-order valence-electron chi connectivity index (χ0n) is 20.3. The lowest BCUT2D eigenvalue weighted by Crippen LogP contribution is -2.39. The second-order valence-corrected chi connectivity index (χ2v) is 9.44. The molecular weight excluding hydrogens is 398 g/mol. The third-order valence-electron chi connectivity index (χ3n) is 3.66. The van der Waals surface area contributed by atoms with E-state index in [-0.39, 0.29) is 0 Å². The van der Waals surface area contributed by atoms with Gasteiger partial charge in [0.15, 0.2) is 5.82 Å². The van der Waals surface area contributed by atoms with Gasteiger partial charge in [-0.1, -0.05) is 0 Å². The van der Waals surface area contributed by atoms with Crippen molar-refractivity contribution in [2.75, 3.05) is 39.1 Å². The number of hydrogen-bond donors (Lipinski definition) is 0. The topological polar surface area (TPSA) is 87.6 Å². The number of rotatable bonds is 7. The molecule has 0 aliphatic heterocycles. The fourth-order valence-corrected chi connectivity index (χ4v) is 2.39. The van der Waals surface area contributed by atoms with Gasteiger partial charge in [-0.05, 0) is 60.1 Å². The summed E-state index contributed by atoms with van der Waals surface area (Å²) in [5.74, 6) is 0.405. The molecule has 9 heteroatoms. The minimum atomic E-state index is -0.655. The van der Waals surface area contributed by atoms with Crippen LogP contribution in [0.5, 0.6) is 0 Å². The smallest absolute Gasteiger partial charge is 0.414 e. The molecule has 0 bridgehead atoms. The van der Waals surface area contributed by atoms with E-state index in [1.165, 1.54) is 9.80 Å². The van der Waals surface area contributed by atoms with Crippen LogP contribution in [0.15, 0.2) is 23.3 Å². The van der Waals surface area contributed by atoms with Gasteiger partial charge >= 0.3 is 12.2 Å². The fourth-order valence-electron chi connectivity index (χ4n) is 2.39. The van der Waals surface area contributed by atoms with Crippen LogP contribution in [0.3, 0.4) is 0 Å². The molecule has 0 saturated heterocycles.